The van der Waals surface area contributed by atoms with Crippen LogP contribution < -0.4 is 5.32 Å². The van der Waals surface area contributed by atoms with Crippen LogP contribution in [0.2, 0.25) is 5.02 Å². The summed E-state index contributed by atoms with van der Waals surface area (Å²) in [6, 6.07) is 10.3. The molecule has 34 heavy (non-hydrogen) atoms. The topological polar surface area (TPSA) is 110 Å². The Hall–Kier alpha value is -2.47. The molecule has 1 aliphatic rings. The molecule has 0 saturated carbocycles. The molecule has 0 spiro atoms. The number of nitrogens with zero attached hydrogens (tertiary/aromatic N) is 5. The van der Waals surface area contributed by atoms with Crippen molar-refractivity contribution in [1.82, 2.24) is 24.5 Å². The van der Waals surface area contributed by atoms with Gasteiger partial charge < -0.3 is 5.32 Å². The number of sulfonamides is 1. The molecule has 1 N–H and O–H groups in total. The minimum Gasteiger partial charge on any atom is -0.324 e. The Morgan fingerprint density at radius 1 is 1.12 bits per heavy atom. The van der Waals surface area contributed by atoms with Gasteiger partial charge in [-0.15, -0.1) is 5.10 Å². The number of benzene rings is 2. The Balaban J connectivity index is 1.45. The molecule has 1 amide bonds. The fourth-order valence-electron chi connectivity index (χ4n) is 3.79. The first-order valence-electron chi connectivity index (χ1n) is 10.8. The lowest BCUT2D eigenvalue weighted by atomic mass is 10.1. The van der Waals surface area contributed by atoms with Crippen LogP contribution in [0.1, 0.15) is 30.4 Å². The second kappa shape index (κ2) is 10.4. The van der Waals surface area contributed by atoms with E-state index < -0.39 is 10.0 Å². The van der Waals surface area contributed by atoms with Gasteiger partial charge in [0.15, 0.2) is 0 Å². The van der Waals surface area contributed by atoms with Crippen molar-refractivity contribution in [1.29, 1.82) is 0 Å². The summed E-state index contributed by atoms with van der Waals surface area (Å²) in [7, 11) is -3.64. The number of halogens is 1. The molecular weight excluding hydrogens is 496 g/mol. The lowest BCUT2D eigenvalue weighted by Crippen LogP contribution is -2.35. The molecule has 3 aromatic rings. The third-order valence-corrected chi connectivity index (χ3v) is 8.66. The summed E-state index contributed by atoms with van der Waals surface area (Å²) < 4.78 is 29.0. The first-order chi connectivity index (χ1) is 16.3. The van der Waals surface area contributed by atoms with Crippen molar-refractivity contribution in [3.63, 3.8) is 0 Å². The second-order valence-corrected chi connectivity index (χ2v) is 11.4. The van der Waals surface area contributed by atoms with Gasteiger partial charge in [-0.05, 0) is 66.9 Å². The molecule has 12 heteroatoms. The fraction of sp³-hybridized carbons (Fsp3) is 0.364. The van der Waals surface area contributed by atoms with Gasteiger partial charge in [-0.25, -0.2) is 8.42 Å². The summed E-state index contributed by atoms with van der Waals surface area (Å²) in [6.45, 7) is 4.98. The molecule has 4 rings (SSSR count). The van der Waals surface area contributed by atoms with Crippen LogP contribution in [0.15, 0.2) is 46.5 Å². The second-order valence-electron chi connectivity index (χ2n) is 8.11. The number of rotatable bonds is 7. The highest BCUT2D eigenvalue weighted by Crippen LogP contribution is 2.29. The number of hydrogen-bond donors (Lipinski definition) is 1. The molecule has 2 heterocycles. The van der Waals surface area contributed by atoms with Crippen LogP contribution in [0.4, 0.5) is 5.69 Å². The van der Waals surface area contributed by atoms with Crippen molar-refractivity contribution in [2.45, 2.75) is 43.2 Å². The van der Waals surface area contributed by atoms with Crippen molar-refractivity contribution in [3.8, 4) is 5.69 Å². The Morgan fingerprint density at radius 2 is 1.88 bits per heavy atom. The Bertz CT molecular complexity index is 1310. The summed E-state index contributed by atoms with van der Waals surface area (Å²) in [5.41, 5.74) is 3.22. The number of tetrazole rings is 1. The number of thioether (sulfide) groups is 1. The van der Waals surface area contributed by atoms with E-state index in [1.165, 1.54) is 34.3 Å². The van der Waals surface area contributed by atoms with Gasteiger partial charge in [-0.3, -0.25) is 4.79 Å². The van der Waals surface area contributed by atoms with Gasteiger partial charge in [0, 0.05) is 13.1 Å². The summed E-state index contributed by atoms with van der Waals surface area (Å²) >= 11 is 7.42. The summed E-state index contributed by atoms with van der Waals surface area (Å²) in [4.78, 5) is 12.8. The van der Waals surface area contributed by atoms with Crippen molar-refractivity contribution < 1.29 is 13.2 Å². The number of aryl methyl sites for hydroxylation is 2. The van der Waals surface area contributed by atoms with Gasteiger partial charge in [0.25, 0.3) is 0 Å². The average Bonchev–Trinajstić information content (AvgIpc) is 3.28. The first-order valence-corrected chi connectivity index (χ1v) is 13.6. The minimum absolute atomic E-state index is 0.0186. The van der Waals surface area contributed by atoms with Crippen LogP contribution in [0, 0.1) is 13.8 Å². The molecule has 0 bridgehead atoms. The summed E-state index contributed by atoms with van der Waals surface area (Å²) in [6.07, 6.45) is 2.71. The van der Waals surface area contributed by atoms with E-state index in [9.17, 15) is 13.2 Å². The minimum atomic E-state index is -3.64. The number of carbonyl (C=O) groups is 1. The number of amides is 1. The maximum absolute atomic E-state index is 13.0. The maximum Gasteiger partial charge on any atom is 0.243 e. The lowest BCUT2D eigenvalue weighted by molar-refractivity contribution is -0.113. The van der Waals surface area contributed by atoms with Gasteiger partial charge in [0.1, 0.15) is 0 Å². The molecule has 1 saturated heterocycles. The zero-order valence-corrected chi connectivity index (χ0v) is 21.3. The third kappa shape index (κ3) is 5.43. The monoisotopic (exact) mass is 520 g/mol. The highest BCUT2D eigenvalue weighted by atomic mass is 35.5. The normalized spacial score (nSPS) is 14.8. The Morgan fingerprint density at radius 3 is 2.62 bits per heavy atom. The van der Waals surface area contributed by atoms with E-state index in [4.69, 9.17) is 11.6 Å². The van der Waals surface area contributed by atoms with Crippen LogP contribution in [-0.2, 0) is 14.8 Å². The molecule has 1 fully saturated rings. The number of carbonyl (C=O) groups excluding carboxylic acids is 1. The van der Waals surface area contributed by atoms with E-state index in [2.05, 4.69) is 20.8 Å². The quantitative estimate of drug-likeness (QED) is 0.471. The van der Waals surface area contributed by atoms with Gasteiger partial charge >= 0.3 is 0 Å². The molecule has 2 aromatic carbocycles. The van der Waals surface area contributed by atoms with Gasteiger partial charge in [0.2, 0.25) is 21.1 Å². The van der Waals surface area contributed by atoms with E-state index >= 15 is 0 Å². The standard InChI is InChI=1S/C22H25ClN6O3S2/c1-15-6-9-20(16(2)12-15)29-22(25-26-27-29)33-14-21(30)24-19-13-17(7-8-18(19)23)34(31,32)28-10-4-3-5-11-28/h6-9,12-13H,3-5,10-11,14H2,1-2H3,(H,24,30). The number of aromatic nitrogens is 4. The fourth-order valence-corrected chi connectivity index (χ4v) is 6.19. The van der Waals surface area contributed by atoms with E-state index in [1.54, 1.807) is 4.68 Å². The molecule has 0 aliphatic carbocycles. The van der Waals surface area contributed by atoms with Crippen LogP contribution in [0.5, 0.6) is 0 Å². The van der Waals surface area contributed by atoms with Crippen LogP contribution >= 0.6 is 23.4 Å². The predicted octanol–water partition coefficient (Wildman–Crippen LogP) is 3.84. The van der Waals surface area contributed by atoms with Gasteiger partial charge in [-0.1, -0.05) is 47.5 Å². The molecule has 0 atom stereocenters. The van der Waals surface area contributed by atoms with E-state index in [0.29, 0.717) is 18.2 Å². The number of anilines is 1. The maximum atomic E-state index is 13.0. The first kappa shape index (κ1) is 24.6. The molecule has 9 nitrogen and oxygen atoms in total. The average molecular weight is 521 g/mol. The lowest BCUT2D eigenvalue weighted by Gasteiger charge is -2.26. The highest BCUT2D eigenvalue weighted by Gasteiger charge is 2.26. The van der Waals surface area contributed by atoms with E-state index in [1.807, 2.05) is 32.0 Å². The molecule has 1 aliphatic heterocycles. The Labute approximate surface area is 207 Å². The van der Waals surface area contributed by atoms with Crippen LogP contribution in [0.3, 0.4) is 0 Å². The molecule has 0 radical (unpaired) electrons. The zero-order valence-electron chi connectivity index (χ0n) is 18.9. The predicted molar refractivity (Wildman–Crippen MR) is 132 cm³/mol. The van der Waals surface area contributed by atoms with Crippen molar-refractivity contribution in [3.05, 3.63) is 52.5 Å². The number of hydrogen-bond acceptors (Lipinski definition) is 7. The third-order valence-electron chi connectivity index (χ3n) is 5.52. The molecular formula is C22H25ClN6O3S2. The van der Waals surface area contributed by atoms with Crippen molar-refractivity contribution >= 4 is 45.0 Å². The SMILES string of the molecule is Cc1ccc(-n2nnnc2SCC(=O)Nc2cc(S(=O)(=O)N3CCCCC3)ccc2Cl)c(C)c1. The smallest absolute Gasteiger partial charge is 0.243 e. The Kier molecular flexibility index (Phi) is 7.56. The van der Waals surface area contributed by atoms with E-state index in [-0.39, 0.29) is 27.3 Å². The largest absolute Gasteiger partial charge is 0.324 e. The molecule has 180 valence electrons. The summed E-state index contributed by atoms with van der Waals surface area (Å²) in [5.74, 6) is -0.334. The van der Waals surface area contributed by atoms with Gasteiger partial charge in [0.05, 0.1) is 27.0 Å². The van der Waals surface area contributed by atoms with Gasteiger partial charge in [-0.2, -0.15) is 8.99 Å². The van der Waals surface area contributed by atoms with Crippen molar-refractivity contribution in [2.24, 2.45) is 0 Å². The van der Waals surface area contributed by atoms with Crippen LogP contribution in [0.25, 0.3) is 5.69 Å². The highest BCUT2D eigenvalue weighted by molar-refractivity contribution is 7.99. The number of nitrogens with one attached hydrogen (secondary N) is 1. The summed E-state index contributed by atoms with van der Waals surface area (Å²) in [5, 5.41) is 15.3. The zero-order chi connectivity index (χ0) is 24.3. The van der Waals surface area contributed by atoms with E-state index in [0.717, 1.165) is 36.1 Å². The molecule has 0 unspecified atom stereocenters. The number of piperidine rings is 1. The molecule has 1 aromatic heterocycles. The van der Waals surface area contributed by atoms with Crippen LogP contribution in [-0.4, -0.2) is 57.7 Å². The van der Waals surface area contributed by atoms with Crippen molar-refractivity contribution in [2.75, 3.05) is 24.2 Å².